The number of fused-ring (bicyclic) bond motifs is 2. The summed E-state index contributed by atoms with van der Waals surface area (Å²) in [6.45, 7) is 7.67. The van der Waals surface area contributed by atoms with E-state index in [4.69, 9.17) is 18.9 Å². The third-order valence-corrected chi connectivity index (χ3v) is 4.61. The first-order valence-corrected chi connectivity index (χ1v) is 9.98. The van der Waals surface area contributed by atoms with Gasteiger partial charge in [-0.15, -0.1) is 0 Å². The number of benzene rings is 3. The van der Waals surface area contributed by atoms with Crippen molar-refractivity contribution in [3.8, 4) is 11.5 Å². The Morgan fingerprint density at radius 2 is 1.07 bits per heavy atom. The van der Waals surface area contributed by atoms with Gasteiger partial charge >= 0.3 is 11.9 Å². The molecule has 158 valence electrons. The predicted molar refractivity (Wildman–Crippen MR) is 115 cm³/mol. The number of esters is 2. The molecule has 0 bridgehead atoms. The largest absolute Gasteiger partial charge is 0.481 e. The topological polar surface area (TPSA) is 71.1 Å². The maximum Gasteiger partial charge on any atom is 0.344 e. The fourth-order valence-corrected chi connectivity index (χ4v) is 3.36. The van der Waals surface area contributed by atoms with Crippen LogP contribution in [-0.4, -0.2) is 38.4 Å². The van der Waals surface area contributed by atoms with Gasteiger partial charge in [0.25, 0.3) is 0 Å². The summed E-state index contributed by atoms with van der Waals surface area (Å²) in [6.07, 6.45) is 0. The Balaban J connectivity index is 2.17. The summed E-state index contributed by atoms with van der Waals surface area (Å²) in [5.74, 6) is 0.308. The standard InChI is InChI=1S/C24H26O6/c1-5-27-21(25)13-29-23-17-9-7-15(3)11-19(17)24(30-14-22(26)28-6-2)20-12-16(4)8-10-18(20)23/h7-12H,5-6,13-14H2,1-4H3. The Kier molecular flexibility index (Phi) is 6.77. The molecule has 3 aromatic rings. The van der Waals surface area contributed by atoms with Crippen molar-refractivity contribution in [1.82, 2.24) is 0 Å². The van der Waals surface area contributed by atoms with Crippen LogP contribution in [0.3, 0.4) is 0 Å². The summed E-state index contributed by atoms with van der Waals surface area (Å²) in [6, 6.07) is 11.8. The lowest BCUT2D eigenvalue weighted by Gasteiger charge is -2.18. The van der Waals surface area contributed by atoms with E-state index in [-0.39, 0.29) is 13.2 Å². The van der Waals surface area contributed by atoms with Crippen molar-refractivity contribution in [1.29, 1.82) is 0 Å². The van der Waals surface area contributed by atoms with Crippen LogP contribution >= 0.6 is 0 Å². The zero-order valence-electron chi connectivity index (χ0n) is 17.7. The second-order valence-electron chi connectivity index (χ2n) is 6.94. The summed E-state index contributed by atoms with van der Waals surface area (Å²) in [4.78, 5) is 23.8. The number of carbonyl (C=O) groups is 2. The summed E-state index contributed by atoms with van der Waals surface area (Å²) < 4.78 is 21.9. The average Bonchev–Trinajstić information content (AvgIpc) is 2.71. The molecule has 0 unspecified atom stereocenters. The second-order valence-corrected chi connectivity index (χ2v) is 6.94. The van der Waals surface area contributed by atoms with Gasteiger partial charge in [0.2, 0.25) is 0 Å². The summed E-state index contributed by atoms with van der Waals surface area (Å²) in [5, 5.41) is 3.19. The van der Waals surface area contributed by atoms with Gasteiger partial charge in [0.1, 0.15) is 11.5 Å². The molecule has 0 aliphatic rings. The van der Waals surface area contributed by atoms with Crippen LogP contribution < -0.4 is 9.47 Å². The first kappa shape index (κ1) is 21.4. The van der Waals surface area contributed by atoms with Crippen molar-refractivity contribution in [2.75, 3.05) is 26.4 Å². The summed E-state index contributed by atoms with van der Waals surface area (Å²) in [5.41, 5.74) is 2.07. The van der Waals surface area contributed by atoms with Crippen LogP contribution in [0.15, 0.2) is 36.4 Å². The summed E-state index contributed by atoms with van der Waals surface area (Å²) in [7, 11) is 0. The summed E-state index contributed by atoms with van der Waals surface area (Å²) >= 11 is 0. The van der Waals surface area contributed by atoms with Gasteiger partial charge in [-0.3, -0.25) is 0 Å². The molecule has 0 saturated carbocycles. The monoisotopic (exact) mass is 410 g/mol. The van der Waals surface area contributed by atoms with Crippen molar-refractivity contribution in [3.05, 3.63) is 47.5 Å². The van der Waals surface area contributed by atoms with Gasteiger partial charge in [-0.05, 0) is 39.8 Å². The van der Waals surface area contributed by atoms with Crippen LogP contribution in [0.1, 0.15) is 25.0 Å². The van der Waals surface area contributed by atoms with Crippen LogP contribution in [0.2, 0.25) is 0 Å². The lowest BCUT2D eigenvalue weighted by atomic mass is 9.98. The van der Waals surface area contributed by atoms with Crippen LogP contribution in [-0.2, 0) is 19.1 Å². The minimum Gasteiger partial charge on any atom is -0.481 e. The van der Waals surface area contributed by atoms with E-state index in [0.717, 1.165) is 32.7 Å². The lowest BCUT2D eigenvalue weighted by Crippen LogP contribution is -2.16. The molecule has 0 aliphatic carbocycles. The second kappa shape index (κ2) is 9.48. The Bertz CT molecular complexity index is 1020. The first-order valence-electron chi connectivity index (χ1n) is 9.98. The van der Waals surface area contributed by atoms with Gasteiger partial charge in [0.05, 0.1) is 13.2 Å². The lowest BCUT2D eigenvalue weighted by molar-refractivity contribution is -0.146. The van der Waals surface area contributed by atoms with Crippen molar-refractivity contribution in [2.24, 2.45) is 0 Å². The zero-order valence-corrected chi connectivity index (χ0v) is 17.7. The van der Waals surface area contributed by atoms with Crippen LogP contribution in [0.25, 0.3) is 21.5 Å². The van der Waals surface area contributed by atoms with Gasteiger partial charge in [-0.2, -0.15) is 0 Å². The molecule has 0 N–H and O–H groups in total. The van der Waals surface area contributed by atoms with Gasteiger partial charge in [-0.25, -0.2) is 9.59 Å². The van der Waals surface area contributed by atoms with E-state index in [9.17, 15) is 9.59 Å². The molecule has 0 heterocycles. The fraction of sp³-hybridized carbons (Fsp3) is 0.333. The molecule has 3 rings (SSSR count). The van der Waals surface area contributed by atoms with Gasteiger partial charge in [-0.1, -0.05) is 35.4 Å². The highest BCUT2D eigenvalue weighted by Gasteiger charge is 2.19. The third kappa shape index (κ3) is 4.64. The van der Waals surface area contributed by atoms with E-state index >= 15 is 0 Å². The Hall–Kier alpha value is -3.28. The van der Waals surface area contributed by atoms with E-state index in [1.165, 1.54) is 0 Å². The predicted octanol–water partition coefficient (Wildman–Crippen LogP) is 4.49. The van der Waals surface area contributed by atoms with Crippen LogP contribution in [0.4, 0.5) is 0 Å². The molecule has 6 heteroatoms. The van der Waals surface area contributed by atoms with Gasteiger partial charge in [0.15, 0.2) is 13.2 Å². The van der Waals surface area contributed by atoms with Crippen molar-refractivity contribution in [2.45, 2.75) is 27.7 Å². The van der Waals surface area contributed by atoms with Crippen molar-refractivity contribution >= 4 is 33.5 Å². The molecule has 30 heavy (non-hydrogen) atoms. The molecule has 6 nitrogen and oxygen atoms in total. The number of hydrogen-bond donors (Lipinski definition) is 0. The highest BCUT2D eigenvalue weighted by atomic mass is 16.6. The maximum absolute atomic E-state index is 11.9. The van der Waals surface area contributed by atoms with E-state index in [2.05, 4.69) is 0 Å². The van der Waals surface area contributed by atoms with E-state index in [1.807, 2.05) is 50.2 Å². The number of aryl methyl sites for hydroxylation is 2. The molecule has 0 aromatic heterocycles. The number of hydrogen-bond acceptors (Lipinski definition) is 6. The Morgan fingerprint density at radius 3 is 1.47 bits per heavy atom. The molecular formula is C24H26O6. The van der Waals surface area contributed by atoms with Crippen molar-refractivity contribution < 1.29 is 28.5 Å². The molecule has 3 aromatic carbocycles. The third-order valence-electron chi connectivity index (χ3n) is 4.61. The first-order chi connectivity index (χ1) is 14.4. The normalized spacial score (nSPS) is 10.8. The molecular weight excluding hydrogens is 384 g/mol. The minimum atomic E-state index is -0.430. The molecule has 0 aliphatic heterocycles. The number of rotatable bonds is 8. The Labute approximate surface area is 175 Å². The molecule has 0 amide bonds. The van der Waals surface area contributed by atoms with Crippen LogP contribution in [0.5, 0.6) is 11.5 Å². The Morgan fingerprint density at radius 1 is 0.667 bits per heavy atom. The average molecular weight is 410 g/mol. The highest BCUT2D eigenvalue weighted by molar-refractivity contribution is 6.11. The SMILES string of the molecule is CCOC(=O)COc1c2ccc(C)cc2c(OCC(=O)OCC)c2cc(C)ccc12. The smallest absolute Gasteiger partial charge is 0.344 e. The van der Waals surface area contributed by atoms with E-state index < -0.39 is 11.9 Å². The quantitative estimate of drug-likeness (QED) is 0.402. The highest BCUT2D eigenvalue weighted by Crippen LogP contribution is 2.43. The number of ether oxygens (including phenoxy) is 4. The molecule has 0 atom stereocenters. The molecule has 0 fully saturated rings. The minimum absolute atomic E-state index is 0.192. The molecule has 0 radical (unpaired) electrons. The van der Waals surface area contributed by atoms with Gasteiger partial charge < -0.3 is 18.9 Å². The van der Waals surface area contributed by atoms with Crippen LogP contribution in [0, 0.1) is 13.8 Å². The van der Waals surface area contributed by atoms with Crippen molar-refractivity contribution in [3.63, 3.8) is 0 Å². The maximum atomic E-state index is 11.9. The van der Waals surface area contributed by atoms with E-state index in [0.29, 0.717) is 24.7 Å². The van der Waals surface area contributed by atoms with E-state index in [1.54, 1.807) is 13.8 Å². The fourth-order valence-electron chi connectivity index (χ4n) is 3.36. The number of carbonyl (C=O) groups excluding carboxylic acids is 2. The molecule has 0 spiro atoms. The van der Waals surface area contributed by atoms with Gasteiger partial charge in [0, 0.05) is 21.5 Å². The molecule has 0 saturated heterocycles. The zero-order chi connectivity index (χ0) is 21.7.